The highest BCUT2D eigenvalue weighted by Gasteiger charge is 2.19. The van der Waals surface area contributed by atoms with E-state index in [0.29, 0.717) is 18.7 Å². The molecule has 20 heavy (non-hydrogen) atoms. The van der Waals surface area contributed by atoms with Gasteiger partial charge in [-0.05, 0) is 13.0 Å². The van der Waals surface area contributed by atoms with Crippen molar-refractivity contribution in [3.8, 4) is 5.75 Å². The van der Waals surface area contributed by atoms with Crippen LogP contribution >= 0.6 is 0 Å². The largest absolute Gasteiger partial charge is 0.494 e. The van der Waals surface area contributed by atoms with Gasteiger partial charge >= 0.3 is 0 Å². The van der Waals surface area contributed by atoms with Gasteiger partial charge in [0.2, 0.25) is 0 Å². The third-order valence-electron chi connectivity index (χ3n) is 3.53. The van der Waals surface area contributed by atoms with E-state index in [1.165, 1.54) is 13.2 Å². The maximum Gasteiger partial charge on any atom is 0.167 e. The fourth-order valence-corrected chi connectivity index (χ4v) is 2.60. The first-order valence-corrected chi connectivity index (χ1v) is 6.75. The summed E-state index contributed by atoms with van der Waals surface area (Å²) in [5.41, 5.74) is 3.69. The Labute approximate surface area is 116 Å². The van der Waals surface area contributed by atoms with Crippen LogP contribution < -0.4 is 10.1 Å². The lowest BCUT2D eigenvalue weighted by molar-refractivity contribution is 0.110. The van der Waals surface area contributed by atoms with Crippen molar-refractivity contribution in [1.82, 2.24) is 4.98 Å². The Morgan fingerprint density at radius 1 is 1.45 bits per heavy atom. The third kappa shape index (κ3) is 2.08. The van der Waals surface area contributed by atoms with E-state index < -0.39 is 0 Å². The highest BCUT2D eigenvalue weighted by molar-refractivity contribution is 5.94. The quantitative estimate of drug-likeness (QED) is 0.936. The number of hydrogen-bond donors (Lipinski definition) is 1. The highest BCUT2D eigenvalue weighted by atomic mass is 19.1. The second-order valence-corrected chi connectivity index (χ2v) is 4.75. The summed E-state index contributed by atoms with van der Waals surface area (Å²) in [7, 11) is 1.46. The van der Waals surface area contributed by atoms with Crippen LogP contribution in [0.25, 0.3) is 10.9 Å². The van der Waals surface area contributed by atoms with Crippen LogP contribution in [0.1, 0.15) is 18.2 Å². The van der Waals surface area contributed by atoms with Crippen molar-refractivity contribution in [2.24, 2.45) is 0 Å². The van der Waals surface area contributed by atoms with E-state index in [9.17, 15) is 4.39 Å². The fourth-order valence-electron chi connectivity index (χ4n) is 2.60. The van der Waals surface area contributed by atoms with E-state index in [0.717, 1.165) is 35.3 Å². The van der Waals surface area contributed by atoms with E-state index in [1.807, 2.05) is 6.92 Å². The first-order valence-electron chi connectivity index (χ1n) is 6.75. The van der Waals surface area contributed by atoms with Gasteiger partial charge in [-0.25, -0.2) is 4.39 Å². The van der Waals surface area contributed by atoms with Crippen LogP contribution in [0, 0.1) is 5.82 Å². The molecular formula is C15H17FN2O2. The summed E-state index contributed by atoms with van der Waals surface area (Å²) in [6.07, 6.45) is 0.761. The minimum absolute atomic E-state index is 0.232. The smallest absolute Gasteiger partial charge is 0.167 e. The summed E-state index contributed by atoms with van der Waals surface area (Å²) in [5, 5.41) is 4.22. The topological polar surface area (TPSA) is 43.4 Å². The SMILES string of the molecule is CCNc1c2c(nc3cc(F)c(OC)cc13)CCOC2. The van der Waals surface area contributed by atoms with Crippen molar-refractivity contribution in [1.29, 1.82) is 0 Å². The maximum atomic E-state index is 13.9. The maximum absolute atomic E-state index is 13.9. The molecule has 2 heterocycles. The number of hydrogen-bond acceptors (Lipinski definition) is 4. The molecule has 1 aliphatic rings. The molecule has 5 heteroatoms. The lowest BCUT2D eigenvalue weighted by Gasteiger charge is -2.22. The van der Waals surface area contributed by atoms with E-state index >= 15 is 0 Å². The predicted octanol–water partition coefficient (Wildman–Crippen LogP) is 2.89. The number of rotatable bonds is 3. The van der Waals surface area contributed by atoms with E-state index in [1.54, 1.807) is 6.07 Å². The van der Waals surface area contributed by atoms with Crippen molar-refractivity contribution < 1.29 is 13.9 Å². The molecule has 0 bridgehead atoms. The van der Waals surface area contributed by atoms with Crippen molar-refractivity contribution >= 4 is 16.6 Å². The summed E-state index contributed by atoms with van der Waals surface area (Å²) in [6, 6.07) is 3.13. The zero-order chi connectivity index (χ0) is 14.1. The van der Waals surface area contributed by atoms with Crippen molar-refractivity contribution in [3.63, 3.8) is 0 Å². The zero-order valence-electron chi connectivity index (χ0n) is 11.6. The van der Waals surface area contributed by atoms with Crippen molar-refractivity contribution in [3.05, 3.63) is 29.2 Å². The minimum atomic E-state index is -0.387. The summed E-state index contributed by atoms with van der Waals surface area (Å²) in [6.45, 7) is 4.02. The second-order valence-electron chi connectivity index (χ2n) is 4.75. The van der Waals surface area contributed by atoms with Crippen LogP contribution in [0.5, 0.6) is 5.75 Å². The van der Waals surface area contributed by atoms with Gasteiger partial charge in [0.25, 0.3) is 0 Å². The minimum Gasteiger partial charge on any atom is -0.494 e. The molecule has 1 aliphatic heterocycles. The first kappa shape index (κ1) is 13.1. The number of pyridine rings is 1. The van der Waals surface area contributed by atoms with Gasteiger partial charge < -0.3 is 14.8 Å². The molecule has 0 atom stereocenters. The van der Waals surface area contributed by atoms with Gasteiger partial charge in [-0.3, -0.25) is 4.98 Å². The first-order chi connectivity index (χ1) is 9.74. The Morgan fingerprint density at radius 2 is 2.30 bits per heavy atom. The standard InChI is InChI=1S/C15H17FN2O2/c1-3-17-15-9-6-14(19-2)11(16)7-13(9)18-12-4-5-20-8-10(12)15/h6-7H,3-5,8H2,1-2H3,(H,17,18). The van der Waals surface area contributed by atoms with Crippen molar-refractivity contribution in [2.45, 2.75) is 20.0 Å². The van der Waals surface area contributed by atoms with Gasteiger partial charge in [-0.1, -0.05) is 0 Å². The number of nitrogens with one attached hydrogen (secondary N) is 1. The molecule has 0 spiro atoms. The Bertz CT molecular complexity index is 658. The third-order valence-corrected chi connectivity index (χ3v) is 3.53. The number of halogens is 1. The number of anilines is 1. The van der Waals surface area contributed by atoms with Crippen LogP contribution in [-0.4, -0.2) is 25.2 Å². The van der Waals surface area contributed by atoms with Gasteiger partial charge in [0, 0.05) is 30.0 Å². The average molecular weight is 276 g/mol. The van der Waals surface area contributed by atoms with Gasteiger partial charge in [0.15, 0.2) is 11.6 Å². The molecule has 0 radical (unpaired) electrons. The highest BCUT2D eigenvalue weighted by Crippen LogP contribution is 2.34. The molecule has 1 aromatic carbocycles. The van der Waals surface area contributed by atoms with Crippen LogP contribution in [0.4, 0.5) is 10.1 Å². The molecule has 3 rings (SSSR count). The monoisotopic (exact) mass is 276 g/mol. The zero-order valence-corrected chi connectivity index (χ0v) is 11.6. The molecule has 0 fully saturated rings. The molecule has 1 aromatic heterocycles. The molecular weight excluding hydrogens is 259 g/mol. The molecule has 0 saturated carbocycles. The molecule has 0 saturated heterocycles. The van der Waals surface area contributed by atoms with E-state index in [2.05, 4.69) is 10.3 Å². The number of nitrogens with zero attached hydrogens (tertiary/aromatic N) is 1. The Balaban J connectivity index is 2.30. The van der Waals surface area contributed by atoms with Crippen LogP contribution in [0.2, 0.25) is 0 Å². The van der Waals surface area contributed by atoms with E-state index in [-0.39, 0.29) is 11.6 Å². The summed E-state index contributed by atoms with van der Waals surface area (Å²) in [4.78, 5) is 4.58. The number of ether oxygens (including phenoxy) is 2. The number of aromatic nitrogens is 1. The lowest BCUT2D eigenvalue weighted by Crippen LogP contribution is -2.15. The normalized spacial score (nSPS) is 14.2. The van der Waals surface area contributed by atoms with Crippen LogP contribution in [-0.2, 0) is 17.8 Å². The molecule has 0 unspecified atom stereocenters. The van der Waals surface area contributed by atoms with E-state index in [4.69, 9.17) is 9.47 Å². The predicted molar refractivity (Wildman–Crippen MR) is 75.8 cm³/mol. The van der Waals surface area contributed by atoms with Crippen molar-refractivity contribution in [2.75, 3.05) is 25.6 Å². The Hall–Kier alpha value is -1.88. The molecule has 106 valence electrons. The van der Waals surface area contributed by atoms with Crippen LogP contribution in [0.15, 0.2) is 12.1 Å². The molecule has 4 nitrogen and oxygen atoms in total. The average Bonchev–Trinajstić information content (AvgIpc) is 2.46. The molecule has 1 N–H and O–H groups in total. The number of fused-ring (bicyclic) bond motifs is 2. The Morgan fingerprint density at radius 3 is 3.05 bits per heavy atom. The Kier molecular flexibility index (Phi) is 3.44. The summed E-state index contributed by atoms with van der Waals surface area (Å²) < 4.78 is 24.5. The lowest BCUT2D eigenvalue weighted by atomic mass is 10.0. The molecule has 2 aromatic rings. The van der Waals surface area contributed by atoms with Gasteiger partial charge in [-0.15, -0.1) is 0 Å². The molecule has 0 aliphatic carbocycles. The van der Waals surface area contributed by atoms with Gasteiger partial charge in [0.1, 0.15) is 0 Å². The van der Waals surface area contributed by atoms with Gasteiger partial charge in [0.05, 0.1) is 37.2 Å². The molecule has 0 amide bonds. The fraction of sp³-hybridized carbons (Fsp3) is 0.400. The number of methoxy groups -OCH3 is 1. The van der Waals surface area contributed by atoms with Crippen LogP contribution in [0.3, 0.4) is 0 Å². The summed E-state index contributed by atoms with van der Waals surface area (Å²) in [5.74, 6) is -0.155. The number of benzene rings is 1. The summed E-state index contributed by atoms with van der Waals surface area (Å²) >= 11 is 0. The second kappa shape index (κ2) is 5.25. The van der Waals surface area contributed by atoms with Gasteiger partial charge in [-0.2, -0.15) is 0 Å².